The normalized spacial score (nSPS) is 25.4. The van der Waals surface area contributed by atoms with Gasteiger partial charge in [0.05, 0.1) is 16.8 Å². The summed E-state index contributed by atoms with van der Waals surface area (Å²) < 4.78 is 6.59. The predicted octanol–water partition coefficient (Wildman–Crippen LogP) is 2.77. The predicted molar refractivity (Wildman–Crippen MR) is 72.9 cm³/mol. The Morgan fingerprint density at radius 2 is 2.17 bits per heavy atom. The molecule has 18 heavy (non-hydrogen) atoms. The van der Waals surface area contributed by atoms with Crippen molar-refractivity contribution in [1.82, 2.24) is 14.9 Å². The van der Waals surface area contributed by atoms with Crippen LogP contribution in [0.15, 0.2) is 4.47 Å². The first-order valence-electron chi connectivity index (χ1n) is 6.18. The van der Waals surface area contributed by atoms with Crippen molar-refractivity contribution < 1.29 is 4.74 Å². The van der Waals surface area contributed by atoms with Gasteiger partial charge < -0.3 is 9.64 Å². The maximum atomic E-state index is 6.18. The Morgan fingerprint density at radius 1 is 1.39 bits per heavy atom. The lowest BCUT2D eigenvalue weighted by Gasteiger charge is -2.29. The van der Waals surface area contributed by atoms with Crippen molar-refractivity contribution in [3.8, 4) is 0 Å². The Morgan fingerprint density at radius 3 is 2.83 bits per heavy atom. The number of hydrogen-bond donors (Lipinski definition) is 0. The molecule has 4 nitrogen and oxygen atoms in total. The van der Waals surface area contributed by atoms with Gasteiger partial charge in [0.2, 0.25) is 0 Å². The molecule has 2 heterocycles. The van der Waals surface area contributed by atoms with E-state index in [2.05, 4.69) is 37.8 Å². The zero-order chi connectivity index (χ0) is 12.7. The smallest absolute Gasteiger partial charge is 0.160 e. The highest BCUT2D eigenvalue weighted by atomic mass is 79.9. The van der Waals surface area contributed by atoms with Gasteiger partial charge >= 0.3 is 0 Å². The van der Waals surface area contributed by atoms with E-state index in [1.807, 2.05) is 0 Å². The highest BCUT2D eigenvalue weighted by Gasteiger charge is 2.31. The van der Waals surface area contributed by atoms with Crippen LogP contribution in [0.3, 0.4) is 0 Å². The highest BCUT2D eigenvalue weighted by Crippen LogP contribution is 2.44. The molecule has 2 fully saturated rings. The van der Waals surface area contributed by atoms with Crippen molar-refractivity contribution in [2.24, 2.45) is 0 Å². The summed E-state index contributed by atoms with van der Waals surface area (Å²) in [4.78, 5) is 11.2. The largest absolute Gasteiger partial charge is 0.368 e. The van der Waals surface area contributed by atoms with E-state index in [4.69, 9.17) is 16.3 Å². The summed E-state index contributed by atoms with van der Waals surface area (Å²) in [5.41, 5.74) is 1.04. The van der Waals surface area contributed by atoms with Crippen molar-refractivity contribution in [3.05, 3.63) is 21.1 Å². The number of hydrogen-bond acceptors (Lipinski definition) is 4. The minimum atomic E-state index is -0.0631. The zero-order valence-electron chi connectivity index (χ0n) is 10.2. The quantitative estimate of drug-likeness (QED) is 0.781. The molecule has 6 heteroatoms. The number of likely N-dealkylation sites (N-methyl/N-ethyl adjacent to an activating group) is 1. The Balaban J connectivity index is 1.91. The number of nitrogens with zero attached hydrogens (tertiary/aromatic N) is 3. The molecule has 1 saturated carbocycles. The van der Waals surface area contributed by atoms with Crippen molar-refractivity contribution in [1.29, 1.82) is 0 Å². The van der Waals surface area contributed by atoms with Gasteiger partial charge in [-0.25, -0.2) is 9.97 Å². The molecule has 1 aromatic heterocycles. The maximum absolute atomic E-state index is 6.18. The van der Waals surface area contributed by atoms with Gasteiger partial charge in [0.1, 0.15) is 11.3 Å². The minimum absolute atomic E-state index is 0.0631. The van der Waals surface area contributed by atoms with Crippen LogP contribution in [-0.4, -0.2) is 41.6 Å². The van der Waals surface area contributed by atoms with Crippen molar-refractivity contribution in [2.75, 3.05) is 26.7 Å². The number of aromatic nitrogens is 2. The molecule has 0 radical (unpaired) electrons. The molecule has 1 atom stereocenters. The third-order valence-electron chi connectivity index (χ3n) is 3.38. The summed E-state index contributed by atoms with van der Waals surface area (Å²) >= 11 is 9.66. The summed E-state index contributed by atoms with van der Waals surface area (Å²) in [6.07, 6.45) is 2.32. The van der Waals surface area contributed by atoms with E-state index in [1.165, 1.54) is 12.8 Å². The van der Waals surface area contributed by atoms with Crippen molar-refractivity contribution in [3.63, 3.8) is 0 Å². The third-order valence-corrected chi connectivity index (χ3v) is 4.66. The molecule has 0 N–H and O–H groups in total. The number of morpholine rings is 1. The van der Waals surface area contributed by atoms with Crippen LogP contribution >= 0.6 is 27.5 Å². The van der Waals surface area contributed by atoms with E-state index in [-0.39, 0.29) is 6.10 Å². The molecule has 1 aliphatic heterocycles. The standard InChI is InChI=1S/C12H15BrClN3O/c1-17-4-5-18-8(6-17)12-15-10(7-2-3-7)9(13)11(14)16-12/h7-8H,2-6H2,1H3. The topological polar surface area (TPSA) is 38.2 Å². The van der Waals surface area contributed by atoms with Gasteiger partial charge in [-0.2, -0.15) is 0 Å². The second-order valence-corrected chi connectivity index (χ2v) is 6.12. The fourth-order valence-corrected chi connectivity index (χ4v) is 2.84. The van der Waals surface area contributed by atoms with Crippen LogP contribution in [0.2, 0.25) is 5.15 Å². The summed E-state index contributed by atoms with van der Waals surface area (Å²) in [5.74, 6) is 1.26. The zero-order valence-corrected chi connectivity index (χ0v) is 12.5. The van der Waals surface area contributed by atoms with Crippen LogP contribution in [0.5, 0.6) is 0 Å². The van der Waals surface area contributed by atoms with E-state index in [1.54, 1.807) is 0 Å². The molecular weight excluding hydrogens is 318 g/mol. The molecule has 98 valence electrons. The average Bonchev–Trinajstić information content (AvgIpc) is 3.16. The fourth-order valence-electron chi connectivity index (χ4n) is 2.16. The molecule has 0 aromatic carbocycles. The second kappa shape index (κ2) is 5.04. The van der Waals surface area contributed by atoms with Gasteiger partial charge in [0, 0.05) is 19.0 Å². The van der Waals surface area contributed by atoms with Crippen LogP contribution in [0.25, 0.3) is 0 Å². The highest BCUT2D eigenvalue weighted by molar-refractivity contribution is 9.10. The van der Waals surface area contributed by atoms with Crippen molar-refractivity contribution in [2.45, 2.75) is 24.9 Å². The summed E-state index contributed by atoms with van der Waals surface area (Å²) in [6.45, 7) is 2.50. The molecule has 0 bridgehead atoms. The molecule has 2 aliphatic rings. The molecule has 1 saturated heterocycles. The van der Waals surface area contributed by atoms with Gasteiger partial charge in [-0.1, -0.05) is 11.6 Å². The van der Waals surface area contributed by atoms with Crippen LogP contribution < -0.4 is 0 Å². The van der Waals surface area contributed by atoms with E-state index in [9.17, 15) is 0 Å². The first kappa shape index (κ1) is 12.8. The first-order chi connectivity index (χ1) is 8.65. The minimum Gasteiger partial charge on any atom is -0.368 e. The van der Waals surface area contributed by atoms with Crippen molar-refractivity contribution >= 4 is 27.5 Å². The lowest BCUT2D eigenvalue weighted by Crippen LogP contribution is -2.36. The molecular formula is C12H15BrClN3O. The monoisotopic (exact) mass is 331 g/mol. The lowest BCUT2D eigenvalue weighted by atomic mass is 10.2. The van der Waals surface area contributed by atoms with E-state index in [0.29, 0.717) is 11.1 Å². The molecule has 0 spiro atoms. The Hall–Kier alpha value is -0.230. The Kier molecular flexibility index (Phi) is 3.58. The maximum Gasteiger partial charge on any atom is 0.160 e. The summed E-state index contributed by atoms with van der Waals surface area (Å²) in [5, 5.41) is 0.499. The summed E-state index contributed by atoms with van der Waals surface area (Å²) in [7, 11) is 2.08. The Labute approximate surface area is 120 Å². The van der Waals surface area contributed by atoms with E-state index in [0.717, 1.165) is 35.7 Å². The molecule has 0 amide bonds. The van der Waals surface area contributed by atoms with E-state index >= 15 is 0 Å². The molecule has 1 aromatic rings. The van der Waals surface area contributed by atoms with Gasteiger partial charge in [0.25, 0.3) is 0 Å². The van der Waals surface area contributed by atoms with Crippen LogP contribution in [0, 0.1) is 0 Å². The lowest BCUT2D eigenvalue weighted by molar-refractivity contribution is -0.0256. The Bertz CT molecular complexity index is 467. The first-order valence-corrected chi connectivity index (χ1v) is 7.35. The van der Waals surface area contributed by atoms with Crippen LogP contribution in [0.4, 0.5) is 0 Å². The van der Waals surface area contributed by atoms with Gasteiger partial charge in [-0.15, -0.1) is 0 Å². The average molecular weight is 333 g/mol. The third kappa shape index (κ3) is 2.54. The number of rotatable bonds is 2. The molecule has 3 rings (SSSR count). The number of halogens is 2. The van der Waals surface area contributed by atoms with Crippen LogP contribution in [-0.2, 0) is 4.74 Å². The summed E-state index contributed by atoms with van der Waals surface area (Å²) in [6, 6.07) is 0. The molecule has 1 unspecified atom stereocenters. The van der Waals surface area contributed by atoms with Gasteiger partial charge in [0.15, 0.2) is 5.82 Å². The van der Waals surface area contributed by atoms with Crippen LogP contribution in [0.1, 0.15) is 36.4 Å². The molecule has 1 aliphatic carbocycles. The fraction of sp³-hybridized carbons (Fsp3) is 0.667. The number of ether oxygens (including phenoxy) is 1. The van der Waals surface area contributed by atoms with Gasteiger partial charge in [-0.05, 0) is 35.8 Å². The van der Waals surface area contributed by atoms with Gasteiger partial charge in [-0.3, -0.25) is 0 Å². The SMILES string of the molecule is CN1CCOC(c2nc(Cl)c(Br)c(C3CC3)n2)C1. The van der Waals surface area contributed by atoms with E-state index < -0.39 is 0 Å². The second-order valence-electron chi connectivity index (χ2n) is 4.97.